The van der Waals surface area contributed by atoms with Crippen molar-refractivity contribution in [2.24, 2.45) is 0 Å². The van der Waals surface area contributed by atoms with Gasteiger partial charge in [-0.3, -0.25) is 19.4 Å². The van der Waals surface area contributed by atoms with Gasteiger partial charge in [0.1, 0.15) is 0 Å². The van der Waals surface area contributed by atoms with Crippen molar-refractivity contribution >= 4 is 44.6 Å². The van der Waals surface area contributed by atoms with E-state index in [2.05, 4.69) is 20.8 Å². The summed E-state index contributed by atoms with van der Waals surface area (Å²) < 4.78 is 0.850. The molecule has 2 aromatic rings. The lowest BCUT2D eigenvalue weighted by Gasteiger charge is -2.31. The molecular formula is C20H21BrN2O3S. The van der Waals surface area contributed by atoms with Crippen molar-refractivity contribution in [2.75, 3.05) is 24.7 Å². The highest BCUT2D eigenvalue weighted by molar-refractivity contribution is 9.11. The summed E-state index contributed by atoms with van der Waals surface area (Å²) in [5.41, 5.74) is -0.577. The maximum Gasteiger partial charge on any atom is 0.265 e. The number of carbonyl (C=O) groups excluding carboxylic acids is 2. The van der Waals surface area contributed by atoms with Crippen molar-refractivity contribution in [3.8, 4) is 0 Å². The van der Waals surface area contributed by atoms with Crippen LogP contribution in [-0.2, 0) is 10.4 Å². The van der Waals surface area contributed by atoms with Gasteiger partial charge in [-0.2, -0.15) is 0 Å². The largest absolute Gasteiger partial charge is 0.375 e. The van der Waals surface area contributed by atoms with Crippen molar-refractivity contribution in [3.63, 3.8) is 0 Å². The van der Waals surface area contributed by atoms with Crippen molar-refractivity contribution in [1.82, 2.24) is 4.90 Å². The summed E-state index contributed by atoms with van der Waals surface area (Å²) in [4.78, 5) is 30.4. The second kappa shape index (κ2) is 7.47. The zero-order valence-corrected chi connectivity index (χ0v) is 17.3. The number of hydrogen-bond acceptors (Lipinski definition) is 5. The summed E-state index contributed by atoms with van der Waals surface area (Å²) in [6.07, 6.45) is 3.22. The van der Waals surface area contributed by atoms with E-state index in [4.69, 9.17) is 0 Å². The maximum absolute atomic E-state index is 13.2. The number of likely N-dealkylation sites (tertiary alicyclic amines) is 1. The minimum Gasteiger partial charge on any atom is -0.375 e. The molecule has 7 heteroatoms. The summed E-state index contributed by atoms with van der Waals surface area (Å²) >= 11 is 4.66. The van der Waals surface area contributed by atoms with Crippen molar-refractivity contribution in [3.05, 3.63) is 50.6 Å². The van der Waals surface area contributed by atoms with Crippen LogP contribution in [0.1, 0.15) is 40.9 Å². The Balaban J connectivity index is 1.62. The van der Waals surface area contributed by atoms with E-state index in [0.29, 0.717) is 22.8 Å². The molecule has 1 aromatic heterocycles. The number of halogens is 1. The molecular weight excluding hydrogens is 428 g/mol. The average molecular weight is 449 g/mol. The SMILES string of the molecule is O=C(C[C@@]1(O)C(=O)N(CN2CCCCC2)c2ccccc21)c1ccc(Br)s1. The molecule has 2 aliphatic heterocycles. The number of hydrogen-bond donors (Lipinski definition) is 1. The predicted octanol–water partition coefficient (Wildman–Crippen LogP) is 3.76. The minimum absolute atomic E-state index is 0.226. The third kappa shape index (κ3) is 3.49. The van der Waals surface area contributed by atoms with Crippen LogP contribution in [0.5, 0.6) is 0 Å². The van der Waals surface area contributed by atoms with E-state index in [0.717, 1.165) is 29.7 Å². The Hall–Kier alpha value is -1.54. The Morgan fingerprint density at radius 2 is 1.89 bits per heavy atom. The number of aliphatic hydroxyl groups is 1. The third-order valence-electron chi connectivity index (χ3n) is 5.29. The Morgan fingerprint density at radius 1 is 1.15 bits per heavy atom. The molecule has 0 bridgehead atoms. The minimum atomic E-state index is -1.81. The average Bonchev–Trinajstić information content (AvgIpc) is 3.20. The van der Waals surface area contributed by atoms with E-state index < -0.39 is 11.5 Å². The lowest BCUT2D eigenvalue weighted by atomic mass is 9.89. The van der Waals surface area contributed by atoms with E-state index in [1.807, 2.05) is 12.1 Å². The standard InChI is InChI=1S/C20H21BrN2O3S/c21-18-9-8-17(27-18)16(24)12-20(26)14-6-2-3-7-15(14)23(19(20)25)13-22-10-4-1-5-11-22/h2-3,6-9,26H,1,4-5,10-13H2/t20-/m0/s1. The number of thiophene rings is 1. The quantitative estimate of drug-likeness (QED) is 0.707. The van der Waals surface area contributed by atoms with E-state index in [9.17, 15) is 14.7 Å². The lowest BCUT2D eigenvalue weighted by molar-refractivity contribution is -0.136. The van der Waals surface area contributed by atoms with Crippen molar-refractivity contribution in [2.45, 2.75) is 31.3 Å². The highest BCUT2D eigenvalue weighted by Gasteiger charge is 2.51. The molecule has 2 aliphatic rings. The molecule has 0 saturated carbocycles. The van der Waals surface area contributed by atoms with Crippen LogP contribution >= 0.6 is 27.3 Å². The van der Waals surface area contributed by atoms with Gasteiger partial charge in [-0.1, -0.05) is 24.6 Å². The smallest absolute Gasteiger partial charge is 0.265 e. The van der Waals surface area contributed by atoms with Crippen LogP contribution in [0.25, 0.3) is 0 Å². The van der Waals surface area contributed by atoms with Gasteiger partial charge in [0.2, 0.25) is 0 Å². The monoisotopic (exact) mass is 448 g/mol. The molecule has 27 heavy (non-hydrogen) atoms. The van der Waals surface area contributed by atoms with Crippen LogP contribution < -0.4 is 4.90 Å². The molecule has 1 aromatic carbocycles. The number of para-hydroxylation sites is 1. The lowest BCUT2D eigenvalue weighted by Crippen LogP contribution is -2.47. The molecule has 1 atom stereocenters. The fraction of sp³-hybridized carbons (Fsp3) is 0.400. The molecule has 1 saturated heterocycles. The third-order valence-corrected chi connectivity index (χ3v) is 6.96. The van der Waals surface area contributed by atoms with E-state index in [1.165, 1.54) is 17.8 Å². The van der Waals surface area contributed by atoms with Gasteiger partial charge in [0, 0.05) is 5.56 Å². The van der Waals surface area contributed by atoms with Crippen LogP contribution in [0.2, 0.25) is 0 Å². The van der Waals surface area contributed by atoms with Crippen LogP contribution in [-0.4, -0.2) is 41.5 Å². The van der Waals surface area contributed by atoms with Crippen LogP contribution in [0.4, 0.5) is 5.69 Å². The van der Waals surface area contributed by atoms with Crippen molar-refractivity contribution in [1.29, 1.82) is 0 Å². The van der Waals surface area contributed by atoms with Gasteiger partial charge in [0.15, 0.2) is 11.4 Å². The van der Waals surface area contributed by atoms with Gasteiger partial charge in [0.05, 0.1) is 27.4 Å². The molecule has 3 heterocycles. The van der Waals surface area contributed by atoms with Crippen LogP contribution in [0.3, 0.4) is 0 Å². The van der Waals surface area contributed by atoms with Gasteiger partial charge in [-0.05, 0) is 60.1 Å². The number of ketones is 1. The van der Waals surface area contributed by atoms with Crippen LogP contribution in [0.15, 0.2) is 40.2 Å². The molecule has 0 aliphatic carbocycles. The van der Waals surface area contributed by atoms with E-state index in [1.54, 1.807) is 29.2 Å². The fourth-order valence-electron chi connectivity index (χ4n) is 3.90. The second-order valence-corrected chi connectivity index (χ2v) is 9.60. The molecule has 5 nitrogen and oxygen atoms in total. The Labute approximate surface area is 170 Å². The Kier molecular flexibility index (Phi) is 5.20. The Bertz CT molecular complexity index is 878. The van der Waals surface area contributed by atoms with Gasteiger partial charge >= 0.3 is 0 Å². The van der Waals surface area contributed by atoms with Gasteiger partial charge in [-0.15, -0.1) is 11.3 Å². The first-order valence-corrected chi connectivity index (χ1v) is 10.7. The first-order valence-electron chi connectivity index (χ1n) is 9.14. The van der Waals surface area contributed by atoms with Crippen LogP contribution in [0, 0.1) is 0 Å². The predicted molar refractivity (Wildman–Crippen MR) is 109 cm³/mol. The topological polar surface area (TPSA) is 60.9 Å². The molecule has 0 radical (unpaired) electrons. The summed E-state index contributed by atoms with van der Waals surface area (Å²) in [6, 6.07) is 10.8. The number of piperidine rings is 1. The Morgan fingerprint density at radius 3 is 2.59 bits per heavy atom. The zero-order valence-electron chi connectivity index (χ0n) is 14.9. The maximum atomic E-state index is 13.2. The molecule has 0 unspecified atom stereocenters. The molecule has 142 valence electrons. The van der Waals surface area contributed by atoms with Gasteiger partial charge < -0.3 is 5.11 Å². The summed E-state index contributed by atoms with van der Waals surface area (Å²) in [7, 11) is 0. The molecule has 4 rings (SSSR count). The molecule has 0 spiro atoms. The number of fused-ring (bicyclic) bond motifs is 1. The zero-order chi connectivity index (χ0) is 19.0. The van der Waals surface area contributed by atoms with E-state index >= 15 is 0 Å². The molecule has 1 amide bonds. The van der Waals surface area contributed by atoms with Gasteiger partial charge in [-0.25, -0.2) is 0 Å². The number of rotatable bonds is 5. The number of carbonyl (C=O) groups is 2. The fourth-order valence-corrected chi connectivity index (χ4v) is 5.23. The highest BCUT2D eigenvalue weighted by atomic mass is 79.9. The first-order chi connectivity index (χ1) is 13.0. The first kappa shape index (κ1) is 18.8. The number of benzene rings is 1. The van der Waals surface area contributed by atoms with Gasteiger partial charge in [0.25, 0.3) is 5.91 Å². The molecule has 1 fully saturated rings. The van der Waals surface area contributed by atoms with E-state index in [-0.39, 0.29) is 12.2 Å². The molecule has 1 N–H and O–H groups in total. The number of nitrogens with zero attached hydrogens (tertiary/aromatic N) is 2. The number of anilines is 1. The summed E-state index contributed by atoms with van der Waals surface area (Å²) in [5, 5.41) is 11.3. The second-order valence-electron chi connectivity index (χ2n) is 7.13. The van der Waals surface area contributed by atoms with Crippen molar-refractivity contribution < 1.29 is 14.7 Å². The normalized spacial score (nSPS) is 22.9. The number of amides is 1. The highest BCUT2D eigenvalue weighted by Crippen LogP contribution is 2.43. The summed E-state index contributed by atoms with van der Waals surface area (Å²) in [6.45, 7) is 2.36. The summed E-state index contributed by atoms with van der Waals surface area (Å²) in [5.74, 6) is -0.630. The number of Topliss-reactive ketones (excluding diaryl/α,β-unsaturated/α-hetero) is 1.